The van der Waals surface area contributed by atoms with E-state index in [4.69, 9.17) is 4.74 Å². The molecule has 5 heteroatoms. The maximum absolute atomic E-state index is 12.9. The standard InChI is InChI=1S/C25H24N2O3/c1-2-30-22-15-9-10-18(23(22)28)17-26-27-24(29)21-16-25(21,19-11-5-3-6-12-19)20-13-7-4-8-14-20/h3-15,17,21,28H,2,16H2,1H3,(H,27,29)/b26-17-/t21-/m1/s1. The van der Waals surface area contributed by atoms with Crippen molar-refractivity contribution in [2.75, 3.05) is 6.61 Å². The van der Waals surface area contributed by atoms with Crippen LogP contribution in [0.1, 0.15) is 30.0 Å². The van der Waals surface area contributed by atoms with Crippen LogP contribution in [0.25, 0.3) is 0 Å². The largest absolute Gasteiger partial charge is 0.504 e. The molecule has 0 aromatic heterocycles. The highest BCUT2D eigenvalue weighted by Gasteiger charge is 2.60. The molecule has 4 rings (SSSR count). The first kappa shape index (κ1) is 19.7. The number of nitrogens with one attached hydrogen (secondary N) is 1. The summed E-state index contributed by atoms with van der Waals surface area (Å²) in [5, 5.41) is 14.3. The van der Waals surface area contributed by atoms with Crippen molar-refractivity contribution in [3.63, 3.8) is 0 Å². The van der Waals surface area contributed by atoms with E-state index in [-0.39, 0.29) is 23.0 Å². The number of rotatable bonds is 7. The lowest BCUT2D eigenvalue weighted by atomic mass is 9.85. The zero-order chi connectivity index (χ0) is 21.0. The molecule has 1 amide bonds. The maximum atomic E-state index is 12.9. The third-order valence-corrected chi connectivity index (χ3v) is 5.56. The fraction of sp³-hybridized carbons (Fsp3) is 0.200. The summed E-state index contributed by atoms with van der Waals surface area (Å²) >= 11 is 0. The quantitative estimate of drug-likeness (QED) is 0.460. The monoisotopic (exact) mass is 400 g/mol. The second kappa shape index (κ2) is 8.41. The summed E-state index contributed by atoms with van der Waals surface area (Å²) in [5.41, 5.74) is 5.05. The van der Waals surface area contributed by atoms with Gasteiger partial charge < -0.3 is 9.84 Å². The number of benzene rings is 3. The van der Waals surface area contributed by atoms with Gasteiger partial charge >= 0.3 is 0 Å². The Labute approximate surface area is 176 Å². The second-order valence-electron chi connectivity index (χ2n) is 7.32. The van der Waals surface area contributed by atoms with Crippen LogP contribution in [-0.2, 0) is 10.2 Å². The zero-order valence-corrected chi connectivity index (χ0v) is 16.8. The number of nitrogens with zero attached hydrogens (tertiary/aromatic N) is 1. The smallest absolute Gasteiger partial charge is 0.244 e. The lowest BCUT2D eigenvalue weighted by molar-refractivity contribution is -0.122. The van der Waals surface area contributed by atoms with Gasteiger partial charge in [-0.25, -0.2) is 5.43 Å². The molecule has 3 aromatic rings. The van der Waals surface area contributed by atoms with Crippen LogP contribution in [-0.4, -0.2) is 23.8 Å². The molecule has 5 nitrogen and oxygen atoms in total. The molecule has 0 unspecified atom stereocenters. The lowest BCUT2D eigenvalue weighted by Gasteiger charge is -2.18. The molecular formula is C25H24N2O3. The highest BCUT2D eigenvalue weighted by atomic mass is 16.5. The summed E-state index contributed by atoms with van der Waals surface area (Å²) in [5.74, 6) is 0.0519. The molecule has 0 radical (unpaired) electrons. The molecule has 1 aliphatic carbocycles. The molecule has 3 aromatic carbocycles. The fourth-order valence-electron chi connectivity index (χ4n) is 4.01. The fourth-order valence-corrected chi connectivity index (χ4v) is 4.01. The van der Waals surface area contributed by atoms with E-state index >= 15 is 0 Å². The van der Waals surface area contributed by atoms with Crippen molar-refractivity contribution in [2.45, 2.75) is 18.8 Å². The molecule has 1 saturated carbocycles. The number of phenolic OH excluding ortho intramolecular Hbond substituents is 1. The summed E-state index contributed by atoms with van der Waals surface area (Å²) in [6, 6.07) is 25.4. The van der Waals surface area contributed by atoms with Gasteiger partial charge in [-0.05, 0) is 36.6 Å². The molecule has 2 N–H and O–H groups in total. The van der Waals surface area contributed by atoms with Gasteiger partial charge in [-0.15, -0.1) is 0 Å². The second-order valence-corrected chi connectivity index (χ2v) is 7.32. The van der Waals surface area contributed by atoms with Crippen molar-refractivity contribution in [1.82, 2.24) is 5.43 Å². The normalized spacial score (nSPS) is 16.9. The summed E-state index contributed by atoms with van der Waals surface area (Å²) in [7, 11) is 0. The highest BCUT2D eigenvalue weighted by Crippen LogP contribution is 2.58. The van der Waals surface area contributed by atoms with E-state index in [2.05, 4.69) is 34.8 Å². The van der Waals surface area contributed by atoms with E-state index in [9.17, 15) is 9.90 Å². The molecule has 1 fully saturated rings. The van der Waals surface area contributed by atoms with E-state index in [1.807, 2.05) is 43.3 Å². The van der Waals surface area contributed by atoms with Gasteiger partial charge in [0.05, 0.1) is 18.7 Å². The van der Waals surface area contributed by atoms with Gasteiger partial charge in [-0.2, -0.15) is 5.10 Å². The molecular weight excluding hydrogens is 376 g/mol. The number of hydrogen-bond acceptors (Lipinski definition) is 4. The van der Waals surface area contributed by atoms with Gasteiger partial charge in [-0.1, -0.05) is 66.7 Å². The van der Waals surface area contributed by atoms with E-state index in [1.165, 1.54) is 6.21 Å². The van der Waals surface area contributed by atoms with Crippen molar-refractivity contribution in [2.24, 2.45) is 11.0 Å². The predicted octanol–water partition coefficient (Wildman–Crippen LogP) is 4.25. The van der Waals surface area contributed by atoms with Gasteiger partial charge in [0.25, 0.3) is 0 Å². The molecule has 0 bridgehead atoms. The predicted molar refractivity (Wildman–Crippen MR) is 117 cm³/mol. The number of hydrogen-bond donors (Lipinski definition) is 2. The molecule has 1 aliphatic rings. The minimum Gasteiger partial charge on any atom is -0.504 e. The minimum absolute atomic E-state index is 0.00619. The maximum Gasteiger partial charge on any atom is 0.244 e. The summed E-state index contributed by atoms with van der Waals surface area (Å²) < 4.78 is 5.38. The van der Waals surface area contributed by atoms with Crippen LogP contribution in [0.3, 0.4) is 0 Å². The van der Waals surface area contributed by atoms with E-state index in [1.54, 1.807) is 18.2 Å². The molecule has 0 spiro atoms. The Kier molecular flexibility index (Phi) is 5.53. The minimum atomic E-state index is -0.334. The van der Waals surface area contributed by atoms with Gasteiger partial charge in [0.15, 0.2) is 11.5 Å². The van der Waals surface area contributed by atoms with Crippen LogP contribution >= 0.6 is 0 Å². The first-order chi connectivity index (χ1) is 14.7. The third kappa shape index (κ3) is 3.66. The summed E-state index contributed by atoms with van der Waals surface area (Å²) in [6.07, 6.45) is 2.16. The van der Waals surface area contributed by atoms with Crippen LogP contribution in [0.15, 0.2) is 84.0 Å². The van der Waals surface area contributed by atoms with Crippen molar-refractivity contribution in [3.05, 3.63) is 95.6 Å². The van der Waals surface area contributed by atoms with Crippen molar-refractivity contribution >= 4 is 12.1 Å². The third-order valence-electron chi connectivity index (χ3n) is 5.56. The van der Waals surface area contributed by atoms with Crippen LogP contribution in [0.5, 0.6) is 11.5 Å². The Hall–Kier alpha value is -3.60. The number of para-hydroxylation sites is 1. The van der Waals surface area contributed by atoms with Gasteiger partial charge in [-0.3, -0.25) is 4.79 Å². The molecule has 30 heavy (non-hydrogen) atoms. The Bertz CT molecular complexity index is 1010. The van der Waals surface area contributed by atoms with Crippen LogP contribution in [0, 0.1) is 5.92 Å². The highest BCUT2D eigenvalue weighted by molar-refractivity contribution is 5.89. The van der Waals surface area contributed by atoms with Crippen LogP contribution in [0.2, 0.25) is 0 Å². The number of aromatic hydroxyl groups is 1. The van der Waals surface area contributed by atoms with Gasteiger partial charge in [0.2, 0.25) is 5.91 Å². The summed E-state index contributed by atoms with van der Waals surface area (Å²) in [6.45, 7) is 2.30. The Balaban J connectivity index is 1.52. The Morgan fingerprint density at radius 1 is 1.07 bits per heavy atom. The molecule has 152 valence electrons. The van der Waals surface area contributed by atoms with E-state index < -0.39 is 0 Å². The molecule has 0 heterocycles. The first-order valence-electron chi connectivity index (χ1n) is 10.1. The number of amides is 1. The lowest BCUT2D eigenvalue weighted by Crippen LogP contribution is -2.25. The Morgan fingerprint density at radius 2 is 1.70 bits per heavy atom. The molecule has 0 aliphatic heterocycles. The average Bonchev–Trinajstić information content (AvgIpc) is 3.55. The first-order valence-corrected chi connectivity index (χ1v) is 10.1. The molecule has 1 atom stereocenters. The Morgan fingerprint density at radius 3 is 2.30 bits per heavy atom. The number of hydrazone groups is 1. The van der Waals surface area contributed by atoms with Crippen molar-refractivity contribution in [1.29, 1.82) is 0 Å². The topological polar surface area (TPSA) is 70.9 Å². The number of ether oxygens (including phenoxy) is 1. The van der Waals surface area contributed by atoms with Crippen LogP contribution in [0.4, 0.5) is 0 Å². The number of phenols is 1. The van der Waals surface area contributed by atoms with Crippen LogP contribution < -0.4 is 10.2 Å². The van der Waals surface area contributed by atoms with E-state index in [0.717, 1.165) is 17.5 Å². The zero-order valence-electron chi connectivity index (χ0n) is 16.8. The number of carbonyl (C=O) groups is 1. The summed E-state index contributed by atoms with van der Waals surface area (Å²) in [4.78, 5) is 12.9. The average molecular weight is 400 g/mol. The van der Waals surface area contributed by atoms with Crippen molar-refractivity contribution < 1.29 is 14.6 Å². The van der Waals surface area contributed by atoms with Gasteiger partial charge in [0.1, 0.15) is 0 Å². The van der Waals surface area contributed by atoms with E-state index in [0.29, 0.717) is 17.9 Å². The SMILES string of the molecule is CCOc1cccc(/C=N\NC(=O)[C@H]2CC2(c2ccccc2)c2ccccc2)c1O. The van der Waals surface area contributed by atoms with Gasteiger partial charge in [0, 0.05) is 11.0 Å². The van der Waals surface area contributed by atoms with Crippen molar-refractivity contribution in [3.8, 4) is 11.5 Å². The number of carbonyl (C=O) groups excluding carboxylic acids is 1. The molecule has 0 saturated heterocycles.